The molecule has 6 heteroatoms. The molecule has 0 radical (unpaired) electrons. The van der Waals surface area contributed by atoms with E-state index in [1.165, 1.54) is 4.31 Å². The van der Waals surface area contributed by atoms with Crippen molar-refractivity contribution in [1.29, 1.82) is 0 Å². The Morgan fingerprint density at radius 3 is 2.32 bits per heavy atom. The number of rotatable bonds is 4. The summed E-state index contributed by atoms with van der Waals surface area (Å²) in [5.74, 6) is -0.201. The quantitative estimate of drug-likeness (QED) is 0.628. The lowest BCUT2D eigenvalue weighted by molar-refractivity contribution is 0.102. The number of nitrogens with zero attached hydrogens (tertiary/aromatic N) is 1. The van der Waals surface area contributed by atoms with Gasteiger partial charge in [0.05, 0.1) is 10.6 Å². The largest absolute Gasteiger partial charge is 0.322 e. The molecule has 1 aliphatic rings. The molecule has 0 spiro atoms. The van der Waals surface area contributed by atoms with Crippen molar-refractivity contribution in [3.63, 3.8) is 0 Å². The van der Waals surface area contributed by atoms with Crippen LogP contribution in [0.3, 0.4) is 0 Å². The van der Waals surface area contributed by atoms with Crippen LogP contribution < -0.4 is 9.62 Å². The Morgan fingerprint density at radius 2 is 1.61 bits per heavy atom. The average Bonchev–Trinajstić information content (AvgIpc) is 2.75. The van der Waals surface area contributed by atoms with Gasteiger partial charge in [-0.05, 0) is 81.1 Å². The summed E-state index contributed by atoms with van der Waals surface area (Å²) in [6.07, 6.45) is 1.44. The second-order valence-electron chi connectivity index (χ2n) is 8.11. The lowest BCUT2D eigenvalue weighted by Gasteiger charge is -2.30. The predicted octanol–water partition coefficient (Wildman–Crippen LogP) is 5.01. The summed E-state index contributed by atoms with van der Waals surface area (Å²) >= 11 is 0. The van der Waals surface area contributed by atoms with Crippen LogP contribution in [0.25, 0.3) is 0 Å². The van der Waals surface area contributed by atoms with Crippen LogP contribution in [-0.2, 0) is 16.4 Å². The first-order valence-corrected chi connectivity index (χ1v) is 11.8. The van der Waals surface area contributed by atoms with Gasteiger partial charge in [0.25, 0.3) is 15.9 Å². The van der Waals surface area contributed by atoms with Gasteiger partial charge < -0.3 is 5.32 Å². The Morgan fingerprint density at radius 1 is 0.903 bits per heavy atom. The van der Waals surface area contributed by atoms with Crippen molar-refractivity contribution in [1.82, 2.24) is 0 Å². The number of fused-ring (bicyclic) bond motifs is 1. The molecule has 0 aromatic heterocycles. The molecule has 160 valence electrons. The zero-order chi connectivity index (χ0) is 22.2. The van der Waals surface area contributed by atoms with Crippen molar-refractivity contribution in [2.75, 3.05) is 16.2 Å². The number of amides is 1. The maximum absolute atomic E-state index is 13.2. The van der Waals surface area contributed by atoms with Crippen LogP contribution in [0.15, 0.2) is 65.6 Å². The number of hydrogen-bond donors (Lipinski definition) is 1. The first-order valence-electron chi connectivity index (χ1n) is 10.4. The summed E-state index contributed by atoms with van der Waals surface area (Å²) in [5, 5.41) is 2.96. The molecule has 1 N–H and O–H groups in total. The first kappa shape index (κ1) is 21.1. The molecule has 0 fully saturated rings. The second-order valence-corrected chi connectivity index (χ2v) is 9.97. The van der Waals surface area contributed by atoms with Gasteiger partial charge in [0, 0.05) is 17.8 Å². The SMILES string of the molecule is Cc1ccc(S(=O)(=O)N2CCCc3cc(C(=O)Nc4ccc(C)cc4C)ccc32)cc1. The van der Waals surface area contributed by atoms with Crippen molar-refractivity contribution >= 4 is 27.3 Å². The lowest BCUT2D eigenvalue weighted by Crippen LogP contribution is -2.35. The Bertz CT molecular complexity index is 1250. The third-order valence-electron chi connectivity index (χ3n) is 5.66. The van der Waals surface area contributed by atoms with Crippen LogP contribution in [0.2, 0.25) is 0 Å². The summed E-state index contributed by atoms with van der Waals surface area (Å²) in [7, 11) is -3.65. The highest BCUT2D eigenvalue weighted by atomic mass is 32.2. The van der Waals surface area contributed by atoms with Gasteiger partial charge in [-0.25, -0.2) is 8.42 Å². The van der Waals surface area contributed by atoms with Gasteiger partial charge >= 0.3 is 0 Å². The molecule has 0 aliphatic carbocycles. The van der Waals surface area contributed by atoms with E-state index in [4.69, 9.17) is 0 Å². The topological polar surface area (TPSA) is 66.5 Å². The molecule has 3 aromatic rings. The van der Waals surface area contributed by atoms with E-state index in [1.54, 1.807) is 36.4 Å². The fourth-order valence-electron chi connectivity index (χ4n) is 3.94. The summed E-state index contributed by atoms with van der Waals surface area (Å²) in [4.78, 5) is 13.1. The lowest BCUT2D eigenvalue weighted by atomic mass is 10.0. The van der Waals surface area contributed by atoms with Crippen molar-refractivity contribution in [2.24, 2.45) is 0 Å². The number of sulfonamides is 1. The van der Waals surface area contributed by atoms with E-state index in [9.17, 15) is 13.2 Å². The molecule has 4 rings (SSSR count). The minimum Gasteiger partial charge on any atom is -0.322 e. The van der Waals surface area contributed by atoms with Gasteiger partial charge in [0.1, 0.15) is 0 Å². The number of aryl methyl sites for hydroxylation is 4. The minimum absolute atomic E-state index is 0.201. The molecule has 5 nitrogen and oxygen atoms in total. The number of anilines is 2. The zero-order valence-electron chi connectivity index (χ0n) is 18.0. The molecule has 0 bridgehead atoms. The Labute approximate surface area is 183 Å². The van der Waals surface area contributed by atoms with Crippen LogP contribution in [0.1, 0.15) is 39.0 Å². The number of nitrogens with one attached hydrogen (secondary N) is 1. The predicted molar refractivity (Wildman–Crippen MR) is 124 cm³/mol. The van der Waals surface area contributed by atoms with Crippen molar-refractivity contribution < 1.29 is 13.2 Å². The molecular weight excluding hydrogens is 408 g/mol. The van der Waals surface area contributed by atoms with Crippen molar-refractivity contribution in [2.45, 2.75) is 38.5 Å². The third-order valence-corrected chi connectivity index (χ3v) is 7.48. The number of carbonyl (C=O) groups excluding carboxylic acids is 1. The maximum atomic E-state index is 13.2. The van der Waals surface area contributed by atoms with Crippen molar-refractivity contribution in [3.05, 3.63) is 88.5 Å². The average molecular weight is 435 g/mol. The molecule has 1 amide bonds. The Hall–Kier alpha value is -3.12. The van der Waals surface area contributed by atoms with Crippen LogP contribution in [0, 0.1) is 20.8 Å². The minimum atomic E-state index is -3.65. The van der Waals surface area contributed by atoms with Crippen LogP contribution >= 0.6 is 0 Å². The van der Waals surface area contributed by atoms with Crippen LogP contribution in [0.5, 0.6) is 0 Å². The first-order chi connectivity index (χ1) is 14.8. The standard InChI is InChI=1S/C25H26N2O3S/c1-17-6-10-22(11-7-17)31(29,30)27-14-4-5-20-16-21(9-13-24(20)27)25(28)26-23-12-8-18(2)15-19(23)3/h6-13,15-16H,4-5,14H2,1-3H3,(H,26,28). The summed E-state index contributed by atoms with van der Waals surface area (Å²) in [6.45, 7) is 6.33. The monoisotopic (exact) mass is 434 g/mol. The van der Waals surface area contributed by atoms with Gasteiger partial charge in [-0.1, -0.05) is 35.4 Å². The molecule has 1 aliphatic heterocycles. The highest BCUT2D eigenvalue weighted by Crippen LogP contribution is 2.33. The highest BCUT2D eigenvalue weighted by molar-refractivity contribution is 7.92. The summed E-state index contributed by atoms with van der Waals surface area (Å²) in [5.41, 5.74) is 5.97. The van der Waals surface area contributed by atoms with Gasteiger partial charge in [-0.15, -0.1) is 0 Å². The highest BCUT2D eigenvalue weighted by Gasteiger charge is 2.29. The van der Waals surface area contributed by atoms with Crippen LogP contribution in [0.4, 0.5) is 11.4 Å². The molecule has 0 saturated carbocycles. The molecule has 3 aromatic carbocycles. The van der Waals surface area contributed by atoms with E-state index in [0.29, 0.717) is 24.2 Å². The number of benzene rings is 3. The van der Waals surface area contributed by atoms with E-state index in [1.807, 2.05) is 45.0 Å². The molecule has 0 atom stereocenters. The van der Waals surface area contributed by atoms with Gasteiger partial charge in [-0.3, -0.25) is 9.10 Å². The normalized spacial score (nSPS) is 13.6. The van der Waals surface area contributed by atoms with Gasteiger partial charge in [0.15, 0.2) is 0 Å². The van der Waals surface area contributed by atoms with Gasteiger partial charge in [-0.2, -0.15) is 0 Å². The fraction of sp³-hybridized carbons (Fsp3) is 0.240. The second kappa shape index (κ2) is 8.19. The van der Waals surface area contributed by atoms with Gasteiger partial charge in [0.2, 0.25) is 0 Å². The van der Waals surface area contributed by atoms with E-state index >= 15 is 0 Å². The fourth-order valence-corrected chi connectivity index (χ4v) is 5.48. The molecular formula is C25H26N2O3S. The zero-order valence-corrected chi connectivity index (χ0v) is 18.8. The molecule has 1 heterocycles. The van der Waals surface area contributed by atoms with Crippen molar-refractivity contribution in [3.8, 4) is 0 Å². The summed E-state index contributed by atoms with van der Waals surface area (Å²) < 4.78 is 27.9. The number of carbonyl (C=O) groups is 1. The molecule has 31 heavy (non-hydrogen) atoms. The molecule has 0 saturated heterocycles. The van der Waals surface area contributed by atoms with E-state index < -0.39 is 10.0 Å². The molecule has 0 unspecified atom stereocenters. The van der Waals surface area contributed by atoms with E-state index in [0.717, 1.165) is 34.4 Å². The van der Waals surface area contributed by atoms with E-state index in [-0.39, 0.29) is 10.8 Å². The maximum Gasteiger partial charge on any atom is 0.264 e. The third kappa shape index (κ3) is 4.21. The Kier molecular flexibility index (Phi) is 5.58. The van der Waals surface area contributed by atoms with E-state index in [2.05, 4.69) is 5.32 Å². The smallest absolute Gasteiger partial charge is 0.264 e. The summed E-state index contributed by atoms with van der Waals surface area (Å²) in [6, 6.07) is 18.0. The van der Waals surface area contributed by atoms with Crippen LogP contribution in [-0.4, -0.2) is 20.9 Å². The number of hydrogen-bond acceptors (Lipinski definition) is 3. The Balaban J connectivity index is 1.62.